The van der Waals surface area contributed by atoms with Crippen molar-refractivity contribution < 1.29 is 57.0 Å². The van der Waals surface area contributed by atoms with Crippen LogP contribution in [0.2, 0.25) is 45.2 Å². The molecule has 0 aliphatic carbocycles. The van der Waals surface area contributed by atoms with Crippen LogP contribution in [-0.4, -0.2) is 58.0 Å². The highest BCUT2D eigenvalue weighted by Crippen LogP contribution is 2.48. The minimum absolute atomic E-state index is 0.00136. The first-order valence-electron chi connectivity index (χ1n) is 38.7. The third-order valence-corrected chi connectivity index (χ3v) is 23.8. The quantitative estimate of drug-likeness (QED) is 0.0345. The number of para-hydroxylation sites is 3. The van der Waals surface area contributed by atoms with Crippen LogP contribution in [0.3, 0.4) is 0 Å². The van der Waals surface area contributed by atoms with E-state index in [1.54, 1.807) is 184 Å². The zero-order valence-electron chi connectivity index (χ0n) is 67.7. The second-order valence-electron chi connectivity index (χ2n) is 29.2. The summed E-state index contributed by atoms with van der Waals surface area (Å²) in [4.78, 5) is 65.9. The lowest BCUT2D eigenvalue weighted by atomic mass is 10.1. The van der Waals surface area contributed by atoms with E-state index in [1.807, 2.05) is 43.3 Å². The number of alkyl halides is 6. The van der Waals surface area contributed by atoms with E-state index in [2.05, 4.69) is 31.1 Å². The van der Waals surface area contributed by atoms with E-state index in [9.17, 15) is 86.4 Å². The normalized spacial score (nSPS) is 11.3. The Labute approximate surface area is 787 Å². The van der Waals surface area contributed by atoms with Crippen LogP contribution in [0, 0.1) is 36.4 Å². The molecule has 0 aliphatic rings. The Bertz CT molecular complexity index is 7450. The maximum absolute atomic E-state index is 12.8. The summed E-state index contributed by atoms with van der Waals surface area (Å²) >= 11 is 54.3. The number of fused-ring (bicyclic) bond motifs is 6. The molecule has 0 radical (unpaired) electrons. The minimum atomic E-state index is -4.44. The number of hydrogen-bond acceptors (Lipinski definition) is 18. The number of aromatic nitrogens is 6. The van der Waals surface area contributed by atoms with E-state index in [1.165, 1.54) is 38.0 Å². The highest BCUT2D eigenvalue weighted by molar-refractivity contribution is 6.42. The molecule has 18 aromatic rings. The van der Waals surface area contributed by atoms with Gasteiger partial charge in [-0.25, -0.2) is 0 Å². The molecule has 0 aliphatic heterocycles. The Hall–Kier alpha value is -13.5. The van der Waals surface area contributed by atoms with E-state index in [4.69, 9.17) is 104 Å². The van der Waals surface area contributed by atoms with Crippen molar-refractivity contribution in [2.45, 2.75) is 58.5 Å². The van der Waals surface area contributed by atoms with E-state index >= 15 is 0 Å². The van der Waals surface area contributed by atoms with Crippen LogP contribution in [0.4, 0.5) is 60.5 Å². The van der Waals surface area contributed by atoms with Crippen molar-refractivity contribution in [3.05, 3.63) is 380 Å². The van der Waals surface area contributed by atoms with Crippen LogP contribution in [0.15, 0.2) is 286 Å². The van der Waals surface area contributed by atoms with Crippen molar-refractivity contribution >= 4 is 204 Å². The van der Waals surface area contributed by atoms with Crippen molar-refractivity contribution in [3.8, 4) is 35.3 Å². The maximum Gasteiger partial charge on any atom is 0.416 e. The Morgan fingerprint density at radius 3 is 0.856 bits per heavy atom. The lowest BCUT2D eigenvalue weighted by Crippen LogP contribution is -2.06. The van der Waals surface area contributed by atoms with Crippen LogP contribution in [0.25, 0.3) is 65.4 Å². The molecule has 12 aromatic carbocycles. The first-order chi connectivity index (χ1) is 63.1. The number of aromatic hydroxyl groups is 6. The summed E-state index contributed by atoms with van der Waals surface area (Å²) in [5, 5.41) is 86.2. The summed E-state index contributed by atoms with van der Waals surface area (Å²) in [5.41, 5.74) is 6.77. The molecule has 132 heavy (non-hydrogen) atoms. The number of rotatable bonds is 18. The second-order valence-corrected chi connectivity index (χ2v) is 32.9. The van der Waals surface area contributed by atoms with Crippen molar-refractivity contribution in [1.29, 1.82) is 0 Å². The molecule has 672 valence electrons. The van der Waals surface area contributed by atoms with Gasteiger partial charge in [-0.05, 0) is 200 Å². The van der Waals surface area contributed by atoms with Gasteiger partial charge in [-0.2, -0.15) is 26.3 Å². The molecule has 0 saturated heterocycles. The first kappa shape index (κ1) is 96.0. The van der Waals surface area contributed by atoms with E-state index in [0.29, 0.717) is 140 Å². The molecule has 0 bridgehead atoms. The van der Waals surface area contributed by atoms with Gasteiger partial charge in [-0.1, -0.05) is 225 Å². The largest absolute Gasteiger partial charge is 0.493 e. The molecule has 6 heterocycles. The SMILES string of the molecule is Cc1ccc2c(c1)c(N=O)c(O)n2Cc1cccc(C(F)(F)F)c1.O=Nc1c(O)n(Cc2c(Cl)cccc2Cl)c2ccc(Cl)cc12.O=Nc1c(O)n(Cc2c(Cl)cccc2Cl)c2ccccc12.O=Nc1c(O)n(Cc2ccc(Cl)c(Cl)c2)c2ccccc12.O=Nc1c(O)n(Cc2ccc(Cl)cc2)c2ccc(Cl)cc12.O=Nc1c(O)n(Cc2cccc(C(F)(F)F)c2)c2ccccc12. The third-order valence-electron chi connectivity index (χ3n) is 20.9. The minimum Gasteiger partial charge on any atom is -0.493 e. The lowest BCUT2D eigenvalue weighted by molar-refractivity contribution is -0.138. The molecule has 18 rings (SSSR count). The lowest BCUT2D eigenvalue weighted by Gasteiger charge is -2.11. The molecule has 0 atom stereocenters. The number of halogens is 15. The average Bonchev–Trinajstić information content (AvgIpc) is 1.72. The third kappa shape index (κ3) is 20.8. The second kappa shape index (κ2) is 41.3. The van der Waals surface area contributed by atoms with E-state index < -0.39 is 23.5 Å². The molecule has 0 amide bonds. The van der Waals surface area contributed by atoms with Crippen molar-refractivity contribution in [2.75, 3.05) is 0 Å². The van der Waals surface area contributed by atoms with Gasteiger partial charge < -0.3 is 58.0 Å². The average molecular weight is 1970 g/mol. The van der Waals surface area contributed by atoms with Gasteiger partial charge in [0.25, 0.3) is 0 Å². The summed E-state index contributed by atoms with van der Waals surface area (Å²) in [6, 6.07) is 68.8. The summed E-state index contributed by atoms with van der Waals surface area (Å²) in [5.74, 6) is -1.48. The van der Waals surface area contributed by atoms with Gasteiger partial charge in [0.05, 0.1) is 93.5 Å². The zero-order valence-corrected chi connectivity index (χ0v) is 74.5. The number of hydrogen-bond donors (Lipinski definition) is 6. The molecule has 24 nitrogen and oxygen atoms in total. The van der Waals surface area contributed by atoms with Gasteiger partial charge in [0, 0.05) is 78.6 Å². The monoisotopic (exact) mass is 1970 g/mol. The smallest absolute Gasteiger partial charge is 0.416 e. The molecule has 0 saturated carbocycles. The zero-order chi connectivity index (χ0) is 94.9. The molecular weight excluding hydrogens is 1910 g/mol. The Kier molecular flexibility index (Phi) is 30.0. The standard InChI is InChI=1S/C17H13F3N2O2.C16H11F3N2O2.C15H9Cl3N2O2.3C15H10Cl2N2O2/c1-10-5-6-14-13(7-10)15(21-24)16(23)22(14)9-11-3-2-4-12(8-11)17(18,19)20;17-16(18,19)11-5-3-4-10(8-11)9-21-13-7-2-1-6-12(13)14(20-23)15(21)22;16-8-4-5-13-9(6-8)14(19-22)15(21)20(13)7-10-11(17)2-1-3-12(10)18;16-10-3-1-9(2-4-10)8-19-13-6-5-11(17)7-12(13)14(18-21)15(19)20;16-11-5-3-6-12(17)10(11)8-19-13-7-2-1-4-9(13)14(18-21)15(19)20;16-11-6-5-9(7-12(11)17)8-19-13-4-2-1-3-10(13)14(18-21)15(19)20/h2-8,23H,9H2,1H3;1-8,22H,9H2;1-6,21H,7H2;3*1-7,20H,8H2. The first-order valence-corrected chi connectivity index (χ1v) is 42.1. The molecular formula is C93H63Cl9F6N12O12. The molecule has 39 heteroatoms. The Morgan fingerprint density at radius 2 is 0.523 bits per heavy atom. The predicted molar refractivity (Wildman–Crippen MR) is 507 cm³/mol. The van der Waals surface area contributed by atoms with Gasteiger partial charge in [-0.3, -0.25) is 0 Å². The van der Waals surface area contributed by atoms with Crippen LogP contribution >= 0.6 is 104 Å². The van der Waals surface area contributed by atoms with Gasteiger partial charge in [0.2, 0.25) is 35.3 Å². The fraction of sp³-hybridized carbons (Fsp3) is 0.0968. The summed E-state index contributed by atoms with van der Waals surface area (Å²) < 4.78 is 85.9. The fourth-order valence-corrected chi connectivity index (χ4v) is 16.5. The van der Waals surface area contributed by atoms with Crippen LogP contribution < -0.4 is 0 Å². The van der Waals surface area contributed by atoms with Gasteiger partial charge in [-0.15, -0.1) is 29.4 Å². The van der Waals surface area contributed by atoms with Crippen LogP contribution in [-0.2, 0) is 51.6 Å². The topological polar surface area (TPSA) is 328 Å². The number of aryl methyl sites for hydroxylation is 1. The van der Waals surface area contributed by atoms with E-state index in [0.717, 1.165) is 46.5 Å². The Balaban J connectivity index is 0.000000135. The van der Waals surface area contributed by atoms with Gasteiger partial charge in [0.15, 0.2) is 34.1 Å². The fourth-order valence-electron chi connectivity index (χ4n) is 14.7. The molecule has 6 N–H and O–H groups in total. The highest BCUT2D eigenvalue weighted by Gasteiger charge is 2.33. The molecule has 6 aromatic heterocycles. The Morgan fingerprint density at radius 1 is 0.250 bits per heavy atom. The molecule has 0 fully saturated rings. The van der Waals surface area contributed by atoms with Crippen molar-refractivity contribution in [1.82, 2.24) is 27.4 Å². The highest BCUT2D eigenvalue weighted by atomic mass is 35.5. The summed E-state index contributed by atoms with van der Waals surface area (Å²) in [7, 11) is 0. The summed E-state index contributed by atoms with van der Waals surface area (Å²) in [6.07, 6.45) is -8.88. The predicted octanol–water partition coefficient (Wildman–Crippen LogP) is 31.0. The maximum atomic E-state index is 12.8. The molecule has 0 unspecified atom stereocenters. The van der Waals surface area contributed by atoms with Crippen LogP contribution in [0.1, 0.15) is 50.1 Å². The summed E-state index contributed by atoms with van der Waals surface area (Å²) in [6.45, 7) is 3.03. The van der Waals surface area contributed by atoms with Crippen LogP contribution in [0.5, 0.6) is 35.3 Å². The number of benzene rings is 12. The van der Waals surface area contributed by atoms with Gasteiger partial charge in [0.1, 0.15) is 0 Å². The van der Waals surface area contributed by atoms with Crippen molar-refractivity contribution in [3.63, 3.8) is 0 Å². The van der Waals surface area contributed by atoms with Crippen molar-refractivity contribution in [2.24, 2.45) is 31.1 Å². The van der Waals surface area contributed by atoms with E-state index in [-0.39, 0.29) is 95.6 Å². The van der Waals surface area contributed by atoms with Gasteiger partial charge >= 0.3 is 12.4 Å². The molecule has 0 spiro atoms. The number of nitrogens with zero attached hydrogens (tertiary/aromatic N) is 12. The number of nitroso groups, excluding NO2 is 6.